The molecule has 0 bridgehead atoms. The van der Waals surface area contributed by atoms with E-state index in [0.717, 1.165) is 10.2 Å². The van der Waals surface area contributed by atoms with Crippen LogP contribution in [0.15, 0.2) is 24.3 Å². The maximum Gasteiger partial charge on any atom is 0.410 e. The average Bonchev–Trinajstić information content (AvgIpc) is 3.11. The van der Waals surface area contributed by atoms with Gasteiger partial charge in [-0.3, -0.25) is 4.79 Å². The molecule has 6 nitrogen and oxygen atoms in total. The van der Waals surface area contributed by atoms with Crippen molar-refractivity contribution in [2.24, 2.45) is 5.92 Å². The van der Waals surface area contributed by atoms with Crippen LogP contribution in [-0.2, 0) is 9.53 Å². The molecule has 1 aliphatic rings. The van der Waals surface area contributed by atoms with Gasteiger partial charge in [-0.1, -0.05) is 23.5 Å². The van der Waals surface area contributed by atoms with E-state index in [1.807, 2.05) is 45.0 Å². The predicted octanol–water partition coefficient (Wildman–Crippen LogP) is 3.49. The van der Waals surface area contributed by atoms with E-state index in [2.05, 4.69) is 10.3 Å². The maximum absolute atomic E-state index is 12.4. The smallest absolute Gasteiger partial charge is 0.410 e. The fraction of sp³-hybridized carbons (Fsp3) is 0.471. The molecule has 1 aliphatic heterocycles. The molecule has 3 rings (SSSR count). The summed E-state index contributed by atoms with van der Waals surface area (Å²) in [6.07, 6.45) is 0.272. The van der Waals surface area contributed by atoms with Crippen molar-refractivity contribution in [3.8, 4) is 0 Å². The van der Waals surface area contributed by atoms with Crippen molar-refractivity contribution in [1.82, 2.24) is 9.88 Å². The molecule has 0 aliphatic carbocycles. The summed E-state index contributed by atoms with van der Waals surface area (Å²) in [7, 11) is 0. The predicted molar refractivity (Wildman–Crippen MR) is 94.2 cm³/mol. The lowest BCUT2D eigenvalue weighted by molar-refractivity contribution is -0.119. The number of ether oxygens (including phenoxy) is 1. The number of thiazole rings is 1. The number of nitrogens with zero attached hydrogens (tertiary/aromatic N) is 2. The van der Waals surface area contributed by atoms with Gasteiger partial charge in [0.2, 0.25) is 5.91 Å². The van der Waals surface area contributed by atoms with Crippen molar-refractivity contribution in [3.63, 3.8) is 0 Å². The first kappa shape index (κ1) is 16.7. The van der Waals surface area contributed by atoms with Crippen LogP contribution in [0.3, 0.4) is 0 Å². The van der Waals surface area contributed by atoms with Gasteiger partial charge in [-0.25, -0.2) is 9.78 Å². The van der Waals surface area contributed by atoms with Gasteiger partial charge in [-0.15, -0.1) is 0 Å². The third-order valence-electron chi connectivity index (χ3n) is 3.73. The zero-order valence-corrected chi connectivity index (χ0v) is 14.9. The number of likely N-dealkylation sites (tertiary alicyclic amines) is 1. The van der Waals surface area contributed by atoms with Crippen LogP contribution in [-0.4, -0.2) is 40.6 Å². The van der Waals surface area contributed by atoms with Crippen molar-refractivity contribution < 1.29 is 14.3 Å². The molecule has 1 saturated heterocycles. The van der Waals surface area contributed by atoms with Crippen LogP contribution >= 0.6 is 11.3 Å². The molecule has 2 heterocycles. The van der Waals surface area contributed by atoms with E-state index in [-0.39, 0.29) is 17.9 Å². The van der Waals surface area contributed by atoms with Gasteiger partial charge in [-0.2, -0.15) is 0 Å². The lowest BCUT2D eigenvalue weighted by Crippen LogP contribution is -2.36. The summed E-state index contributed by atoms with van der Waals surface area (Å²) in [6.45, 7) is 6.41. The molecular weight excluding hydrogens is 326 g/mol. The number of amides is 2. The number of anilines is 1. The molecule has 1 atom stereocenters. The van der Waals surface area contributed by atoms with E-state index in [0.29, 0.717) is 24.6 Å². The monoisotopic (exact) mass is 347 g/mol. The van der Waals surface area contributed by atoms with Gasteiger partial charge in [0.1, 0.15) is 5.60 Å². The van der Waals surface area contributed by atoms with E-state index in [4.69, 9.17) is 4.74 Å². The Morgan fingerprint density at radius 3 is 2.79 bits per heavy atom. The SMILES string of the molecule is CC(C)(C)OC(=O)N1CCC(C(=O)Nc2nc3ccccc3s2)C1. The van der Waals surface area contributed by atoms with Crippen molar-refractivity contribution in [1.29, 1.82) is 0 Å². The largest absolute Gasteiger partial charge is 0.444 e. The molecule has 24 heavy (non-hydrogen) atoms. The van der Waals surface area contributed by atoms with Crippen LogP contribution in [0.25, 0.3) is 10.2 Å². The van der Waals surface area contributed by atoms with Crippen LogP contribution in [0.5, 0.6) is 0 Å². The summed E-state index contributed by atoms with van der Waals surface area (Å²) in [4.78, 5) is 30.5. The molecule has 128 valence electrons. The highest BCUT2D eigenvalue weighted by atomic mass is 32.1. The summed E-state index contributed by atoms with van der Waals surface area (Å²) >= 11 is 1.45. The number of para-hydroxylation sites is 1. The first-order valence-corrected chi connectivity index (χ1v) is 8.78. The summed E-state index contributed by atoms with van der Waals surface area (Å²) in [5.74, 6) is -0.329. The second kappa shape index (κ2) is 6.39. The molecule has 0 spiro atoms. The quantitative estimate of drug-likeness (QED) is 0.902. The molecule has 0 saturated carbocycles. The molecule has 1 aromatic carbocycles. The topological polar surface area (TPSA) is 71.5 Å². The standard InChI is InChI=1S/C17H21N3O3S/c1-17(2,3)23-16(22)20-9-8-11(10-20)14(21)19-15-18-12-6-4-5-7-13(12)24-15/h4-7,11H,8-10H2,1-3H3,(H,18,19,21). The lowest BCUT2D eigenvalue weighted by Gasteiger charge is -2.24. The van der Waals surface area contributed by atoms with E-state index in [1.165, 1.54) is 11.3 Å². The van der Waals surface area contributed by atoms with Crippen LogP contribution in [0.2, 0.25) is 0 Å². The van der Waals surface area contributed by atoms with Crippen molar-refractivity contribution in [2.45, 2.75) is 32.8 Å². The molecule has 0 radical (unpaired) electrons. The number of hydrogen-bond acceptors (Lipinski definition) is 5. The summed E-state index contributed by atoms with van der Waals surface area (Å²) in [5.41, 5.74) is 0.345. The number of carbonyl (C=O) groups is 2. The van der Waals surface area contributed by atoms with Gasteiger partial charge >= 0.3 is 6.09 Å². The number of aromatic nitrogens is 1. The third-order valence-corrected chi connectivity index (χ3v) is 4.69. The Morgan fingerprint density at radius 2 is 2.08 bits per heavy atom. The van der Waals surface area contributed by atoms with E-state index >= 15 is 0 Å². The Labute approximate surface area is 144 Å². The van der Waals surface area contributed by atoms with Gasteiger partial charge in [0.15, 0.2) is 5.13 Å². The fourth-order valence-electron chi connectivity index (χ4n) is 2.60. The average molecular weight is 347 g/mol. The molecule has 1 unspecified atom stereocenters. The summed E-state index contributed by atoms with van der Waals surface area (Å²) in [6, 6.07) is 7.76. The zero-order valence-electron chi connectivity index (χ0n) is 14.0. The molecule has 7 heteroatoms. The Hall–Kier alpha value is -2.15. The molecule has 2 amide bonds. The van der Waals surface area contributed by atoms with Gasteiger partial charge in [0, 0.05) is 13.1 Å². The highest BCUT2D eigenvalue weighted by Crippen LogP contribution is 2.27. The highest BCUT2D eigenvalue weighted by Gasteiger charge is 2.33. The fourth-order valence-corrected chi connectivity index (χ4v) is 3.47. The molecule has 1 N–H and O–H groups in total. The van der Waals surface area contributed by atoms with E-state index in [1.54, 1.807) is 4.90 Å². The van der Waals surface area contributed by atoms with Gasteiger partial charge in [-0.05, 0) is 39.3 Å². The summed E-state index contributed by atoms with van der Waals surface area (Å²) in [5, 5.41) is 3.47. The number of carbonyl (C=O) groups excluding carboxylic acids is 2. The second-order valence-electron chi connectivity index (χ2n) is 6.89. The van der Waals surface area contributed by atoms with Crippen molar-refractivity contribution in [2.75, 3.05) is 18.4 Å². The van der Waals surface area contributed by atoms with Gasteiger partial charge in [0.05, 0.1) is 16.1 Å². The minimum atomic E-state index is -0.529. The number of fused-ring (bicyclic) bond motifs is 1. The van der Waals surface area contributed by atoms with Gasteiger partial charge < -0.3 is 15.0 Å². The number of benzene rings is 1. The molecule has 1 aromatic heterocycles. The van der Waals surface area contributed by atoms with E-state index in [9.17, 15) is 9.59 Å². The lowest BCUT2D eigenvalue weighted by atomic mass is 10.1. The Morgan fingerprint density at radius 1 is 1.33 bits per heavy atom. The first-order chi connectivity index (χ1) is 11.3. The summed E-state index contributed by atoms with van der Waals surface area (Å²) < 4.78 is 6.39. The van der Waals surface area contributed by atoms with Crippen LogP contribution < -0.4 is 5.32 Å². The van der Waals surface area contributed by atoms with Crippen LogP contribution in [0.4, 0.5) is 9.93 Å². The van der Waals surface area contributed by atoms with Crippen LogP contribution in [0, 0.1) is 5.92 Å². The van der Waals surface area contributed by atoms with Crippen LogP contribution in [0.1, 0.15) is 27.2 Å². The highest BCUT2D eigenvalue weighted by molar-refractivity contribution is 7.22. The molecule has 2 aromatic rings. The molecule has 1 fully saturated rings. The number of rotatable bonds is 2. The number of nitrogens with one attached hydrogen (secondary N) is 1. The normalized spacial score (nSPS) is 18.0. The first-order valence-electron chi connectivity index (χ1n) is 7.96. The zero-order chi connectivity index (χ0) is 17.3. The second-order valence-corrected chi connectivity index (χ2v) is 7.92. The Bertz CT molecular complexity index is 733. The Kier molecular flexibility index (Phi) is 4.45. The Balaban J connectivity index is 1.59. The van der Waals surface area contributed by atoms with Gasteiger partial charge in [0.25, 0.3) is 0 Å². The minimum absolute atomic E-state index is 0.0971. The van der Waals surface area contributed by atoms with E-state index < -0.39 is 5.60 Å². The molecular formula is C17H21N3O3S. The number of hydrogen-bond donors (Lipinski definition) is 1. The third kappa shape index (κ3) is 3.84. The maximum atomic E-state index is 12.4. The van der Waals surface area contributed by atoms with Crippen molar-refractivity contribution >= 4 is 38.7 Å². The van der Waals surface area contributed by atoms with Crippen molar-refractivity contribution in [3.05, 3.63) is 24.3 Å². The minimum Gasteiger partial charge on any atom is -0.444 e.